The van der Waals surface area contributed by atoms with Gasteiger partial charge in [0.2, 0.25) is 0 Å². The van der Waals surface area contributed by atoms with Crippen LogP contribution in [-0.4, -0.2) is 66.5 Å². The predicted octanol–water partition coefficient (Wildman–Crippen LogP) is 3.25. The molecule has 6 N–H and O–H groups in total. The van der Waals surface area contributed by atoms with Crippen LogP contribution >= 0.6 is 0 Å². The first-order chi connectivity index (χ1) is 16.9. The minimum atomic E-state index is -1.23. The average molecular weight is 780 g/mol. The molecule has 0 amide bonds. The van der Waals surface area contributed by atoms with E-state index < -0.39 is 35.8 Å². The van der Waals surface area contributed by atoms with Gasteiger partial charge in [0.05, 0.1) is 33.4 Å². The Bertz CT molecular complexity index is 1060. The number of rotatable bonds is 6. The van der Waals surface area contributed by atoms with Crippen LogP contribution in [-0.2, 0) is 0 Å². The number of hydrogen-bond acceptors (Lipinski definition) is 6. The normalized spacial score (nSPS) is 8.84. The van der Waals surface area contributed by atoms with Gasteiger partial charge < -0.3 is 30.6 Å². The third-order valence-corrected chi connectivity index (χ3v) is 4.16. The maximum atomic E-state index is 10.5. The molecule has 0 saturated carbocycles. The number of carboxylic acid groups (broad SMARTS) is 6. The van der Waals surface area contributed by atoms with Crippen molar-refractivity contribution in [2.75, 3.05) is 0 Å². The maximum absolute atomic E-state index is 10.5. The molecule has 0 aliphatic heterocycles. The molecular weight excluding hydrogens is 762 g/mol. The summed E-state index contributed by atoms with van der Waals surface area (Å²) in [6.07, 6.45) is 0. The van der Waals surface area contributed by atoms with E-state index in [9.17, 15) is 28.8 Å². The molecule has 0 aliphatic rings. The number of aromatic carboxylic acids is 6. The molecule has 0 aromatic heterocycles. The van der Waals surface area contributed by atoms with Crippen LogP contribution in [0.15, 0.2) is 72.8 Å². The van der Waals surface area contributed by atoms with Crippen molar-refractivity contribution >= 4 is 35.8 Å². The van der Waals surface area contributed by atoms with E-state index in [4.69, 9.17) is 30.6 Å². The number of benzene rings is 3. The Hall–Kier alpha value is -2.79. The summed E-state index contributed by atoms with van der Waals surface area (Å²) in [5, 5.41) is 51.3. The zero-order valence-electron chi connectivity index (χ0n) is 19.2. The van der Waals surface area contributed by atoms with Crippen LogP contribution in [0.4, 0.5) is 0 Å². The molecule has 12 nitrogen and oxygen atoms in total. The van der Waals surface area contributed by atoms with Crippen molar-refractivity contribution in [1.82, 2.24) is 0 Å². The van der Waals surface area contributed by atoms with Gasteiger partial charge in [0.25, 0.3) is 0 Å². The minimum absolute atomic E-state index is 0. The quantitative estimate of drug-likeness (QED) is 0.212. The summed E-state index contributed by atoms with van der Waals surface area (Å²) in [5.74, 6) is -7.37. The smallest absolute Gasteiger partial charge is 0.336 e. The Morgan fingerprint density at radius 2 is 0.421 bits per heavy atom. The second kappa shape index (κ2) is 18.5. The van der Waals surface area contributed by atoms with E-state index >= 15 is 0 Å². The van der Waals surface area contributed by atoms with Gasteiger partial charge in [-0.15, -0.1) is 0 Å². The van der Waals surface area contributed by atoms with Crippen molar-refractivity contribution in [1.29, 1.82) is 0 Å². The van der Waals surface area contributed by atoms with Crippen molar-refractivity contribution in [3.63, 3.8) is 0 Å². The molecule has 0 fully saturated rings. The first-order valence-corrected chi connectivity index (χ1v) is 9.55. The average Bonchev–Trinajstić information content (AvgIpc) is 2.84. The van der Waals surface area contributed by atoms with Gasteiger partial charge in [0.15, 0.2) is 0 Å². The van der Waals surface area contributed by atoms with Gasteiger partial charge >= 0.3 is 35.8 Å². The third kappa shape index (κ3) is 11.7. The van der Waals surface area contributed by atoms with E-state index in [0.29, 0.717) is 0 Å². The fraction of sp³-hybridized carbons (Fsp3) is 0. The monoisotopic (exact) mass is 780 g/mol. The van der Waals surface area contributed by atoms with Crippen LogP contribution in [0.3, 0.4) is 0 Å². The molecule has 0 spiro atoms. The van der Waals surface area contributed by atoms with E-state index in [0.717, 1.165) is 0 Å². The summed E-state index contributed by atoms with van der Waals surface area (Å²) >= 11 is 0. The van der Waals surface area contributed by atoms with Crippen molar-refractivity contribution in [3.05, 3.63) is 106 Å². The van der Waals surface area contributed by atoms with E-state index in [1.54, 1.807) is 0 Å². The summed E-state index contributed by atoms with van der Waals surface area (Å²) in [6, 6.07) is 16.4. The van der Waals surface area contributed by atoms with Crippen molar-refractivity contribution in [2.45, 2.75) is 0 Å². The molecule has 14 heteroatoms. The Labute approximate surface area is 280 Å². The van der Waals surface area contributed by atoms with Crippen molar-refractivity contribution < 1.29 is 142 Å². The first-order valence-electron chi connectivity index (χ1n) is 9.55. The second-order valence-electron chi connectivity index (χ2n) is 6.47. The number of carboxylic acids is 6. The molecule has 0 heterocycles. The Morgan fingerprint density at radius 3 is 0.500 bits per heavy atom. The standard InChI is InChI=1S/3C8H6O4.2Pr/c3*9-7(10)5-3-1-2-4-6(5)8(11)12;;/h3*1-4H,(H,9,10)(H,11,12);;. The van der Waals surface area contributed by atoms with E-state index in [2.05, 4.69) is 0 Å². The van der Waals surface area contributed by atoms with Crippen LogP contribution in [0, 0.1) is 82.6 Å². The maximum Gasteiger partial charge on any atom is 0.336 e. The van der Waals surface area contributed by atoms with Gasteiger partial charge in [-0.3, -0.25) is 0 Å². The Balaban J connectivity index is 0. The summed E-state index contributed by atoms with van der Waals surface area (Å²) < 4.78 is 0. The third-order valence-electron chi connectivity index (χ3n) is 4.16. The summed E-state index contributed by atoms with van der Waals surface area (Å²) in [5.41, 5.74) is -1.14. The molecule has 3 aromatic carbocycles. The van der Waals surface area contributed by atoms with Crippen molar-refractivity contribution in [2.24, 2.45) is 0 Å². The SMILES string of the molecule is O=C(O)c1ccccc1C(=O)O.O=C(O)c1ccccc1C(=O)O.O=C(O)c1ccccc1C(=O)O.[Pr].[Pr]. The molecule has 192 valence electrons. The van der Waals surface area contributed by atoms with Gasteiger partial charge in [0, 0.05) is 82.6 Å². The van der Waals surface area contributed by atoms with Crippen molar-refractivity contribution in [3.8, 4) is 0 Å². The predicted molar refractivity (Wildman–Crippen MR) is 121 cm³/mol. The summed E-state index contributed by atoms with van der Waals surface area (Å²) in [4.78, 5) is 62.8. The Morgan fingerprint density at radius 1 is 0.316 bits per heavy atom. The second-order valence-corrected chi connectivity index (χ2v) is 6.47. The van der Waals surface area contributed by atoms with E-state index in [-0.39, 0.29) is 116 Å². The molecule has 0 saturated heterocycles. The molecule has 0 bridgehead atoms. The van der Waals surface area contributed by atoms with Crippen LogP contribution in [0.2, 0.25) is 0 Å². The molecule has 0 aliphatic carbocycles. The van der Waals surface area contributed by atoms with Gasteiger partial charge in [-0.1, -0.05) is 36.4 Å². The molecule has 0 atom stereocenters. The van der Waals surface area contributed by atoms with Crippen LogP contribution in [0.1, 0.15) is 62.1 Å². The van der Waals surface area contributed by atoms with E-state index in [1.807, 2.05) is 0 Å². The van der Waals surface area contributed by atoms with Gasteiger partial charge in [0.1, 0.15) is 0 Å². The zero-order chi connectivity index (χ0) is 27.4. The molecule has 38 heavy (non-hydrogen) atoms. The zero-order valence-corrected chi connectivity index (χ0v) is 26.6. The molecule has 2 radical (unpaired) electrons. The van der Waals surface area contributed by atoms with Gasteiger partial charge in [-0.25, -0.2) is 28.8 Å². The molecule has 0 unspecified atom stereocenters. The van der Waals surface area contributed by atoms with Crippen LogP contribution < -0.4 is 0 Å². The number of hydrogen-bond donors (Lipinski definition) is 6. The van der Waals surface area contributed by atoms with Crippen LogP contribution in [0.25, 0.3) is 0 Å². The largest absolute Gasteiger partial charge is 0.478 e. The molecular formula is C24H18O12Pr2. The van der Waals surface area contributed by atoms with Gasteiger partial charge in [-0.2, -0.15) is 0 Å². The van der Waals surface area contributed by atoms with E-state index in [1.165, 1.54) is 72.8 Å². The fourth-order valence-corrected chi connectivity index (χ4v) is 2.57. The molecule has 3 rings (SSSR count). The summed E-state index contributed by atoms with van der Waals surface area (Å²) in [7, 11) is 0. The first kappa shape index (κ1) is 37.4. The number of carbonyl (C=O) groups is 6. The topological polar surface area (TPSA) is 224 Å². The summed E-state index contributed by atoms with van der Waals surface area (Å²) in [6.45, 7) is 0. The van der Waals surface area contributed by atoms with Gasteiger partial charge in [-0.05, 0) is 36.4 Å². The fourth-order valence-electron chi connectivity index (χ4n) is 2.57. The Kier molecular flexibility index (Phi) is 18.1. The minimum Gasteiger partial charge on any atom is -0.478 e. The van der Waals surface area contributed by atoms with Crippen LogP contribution in [0.5, 0.6) is 0 Å². The molecule has 3 aromatic rings.